The topological polar surface area (TPSA) is 62.3 Å². The third kappa shape index (κ3) is 3.76. The predicted molar refractivity (Wildman–Crippen MR) is 89.8 cm³/mol. The normalized spacial score (nSPS) is 11.2. The fourth-order valence-electron chi connectivity index (χ4n) is 2.20. The summed E-state index contributed by atoms with van der Waals surface area (Å²) >= 11 is 0. The molecule has 2 rings (SSSR count). The van der Waals surface area contributed by atoms with Crippen LogP contribution in [0.5, 0.6) is 0 Å². The molecule has 118 valence electrons. The third-order valence-corrected chi connectivity index (χ3v) is 4.77. The lowest BCUT2D eigenvalue weighted by atomic mass is 10.2. The molecule has 5 nitrogen and oxygen atoms in total. The first-order chi connectivity index (χ1) is 10.5. The van der Waals surface area contributed by atoms with Gasteiger partial charge in [0, 0.05) is 13.1 Å². The van der Waals surface area contributed by atoms with Crippen molar-refractivity contribution in [3.63, 3.8) is 0 Å². The number of benzene rings is 1. The van der Waals surface area contributed by atoms with Crippen LogP contribution in [0.25, 0.3) is 0 Å². The minimum Gasteiger partial charge on any atom is -0.371 e. The molecule has 0 saturated heterocycles. The molecule has 1 aromatic heterocycles. The summed E-state index contributed by atoms with van der Waals surface area (Å²) in [4.78, 5) is 6.58. The Morgan fingerprint density at radius 2 is 1.86 bits per heavy atom. The molecule has 0 saturated carbocycles. The molecule has 0 radical (unpaired) electrons. The van der Waals surface area contributed by atoms with Crippen molar-refractivity contribution in [1.82, 2.24) is 4.98 Å². The van der Waals surface area contributed by atoms with Crippen molar-refractivity contribution in [3.05, 3.63) is 48.2 Å². The highest BCUT2D eigenvalue weighted by atomic mass is 32.2. The summed E-state index contributed by atoms with van der Waals surface area (Å²) in [7, 11) is -3.61. The van der Waals surface area contributed by atoms with Crippen molar-refractivity contribution in [2.45, 2.75) is 25.7 Å². The molecule has 22 heavy (non-hydrogen) atoms. The number of hydrogen-bond acceptors (Lipinski definition) is 4. The van der Waals surface area contributed by atoms with Crippen LogP contribution in [0.1, 0.15) is 19.4 Å². The Hall–Kier alpha value is -2.08. The standard InChI is InChI=1S/C16H21N3O2S/c1-4-19(5-2)14-9-10-16(17-12-14)18-22(20,21)15-8-6-7-13(3)11-15/h6-12H,4-5H2,1-3H3,(H,17,18). The molecule has 0 aliphatic carbocycles. The molecule has 0 unspecified atom stereocenters. The van der Waals surface area contributed by atoms with Crippen LogP contribution in [-0.4, -0.2) is 26.5 Å². The molecular formula is C16H21N3O2S. The Kier molecular flexibility index (Phi) is 5.03. The highest BCUT2D eigenvalue weighted by Crippen LogP contribution is 2.18. The maximum Gasteiger partial charge on any atom is 0.263 e. The van der Waals surface area contributed by atoms with Crippen LogP contribution in [0.2, 0.25) is 0 Å². The van der Waals surface area contributed by atoms with Crippen LogP contribution < -0.4 is 9.62 Å². The van der Waals surface area contributed by atoms with Crippen molar-refractivity contribution in [1.29, 1.82) is 0 Å². The summed E-state index contributed by atoms with van der Waals surface area (Å²) in [5.74, 6) is 0.317. The second kappa shape index (κ2) is 6.79. The van der Waals surface area contributed by atoms with Gasteiger partial charge in [0.25, 0.3) is 10.0 Å². The van der Waals surface area contributed by atoms with Gasteiger partial charge in [-0.15, -0.1) is 0 Å². The van der Waals surface area contributed by atoms with E-state index in [0.29, 0.717) is 5.82 Å². The van der Waals surface area contributed by atoms with Crippen molar-refractivity contribution < 1.29 is 8.42 Å². The number of anilines is 2. The van der Waals surface area contributed by atoms with E-state index in [1.54, 1.807) is 30.5 Å². The molecular weight excluding hydrogens is 298 g/mol. The smallest absolute Gasteiger partial charge is 0.263 e. The lowest BCUT2D eigenvalue weighted by Crippen LogP contribution is -2.22. The second-order valence-electron chi connectivity index (χ2n) is 5.00. The first-order valence-electron chi connectivity index (χ1n) is 7.26. The van der Waals surface area contributed by atoms with Gasteiger partial charge in [-0.05, 0) is 50.6 Å². The van der Waals surface area contributed by atoms with E-state index in [9.17, 15) is 8.42 Å². The Labute approximate surface area is 132 Å². The van der Waals surface area contributed by atoms with Gasteiger partial charge >= 0.3 is 0 Å². The number of rotatable bonds is 6. The third-order valence-electron chi connectivity index (χ3n) is 3.42. The zero-order chi connectivity index (χ0) is 16.2. The molecule has 0 atom stereocenters. The minimum absolute atomic E-state index is 0.238. The van der Waals surface area contributed by atoms with Crippen molar-refractivity contribution in [3.8, 4) is 0 Å². The van der Waals surface area contributed by atoms with Gasteiger partial charge in [-0.2, -0.15) is 0 Å². The quantitative estimate of drug-likeness (QED) is 0.889. The van der Waals surface area contributed by atoms with Crippen LogP contribution in [0.3, 0.4) is 0 Å². The zero-order valence-corrected chi connectivity index (χ0v) is 13.9. The summed E-state index contributed by atoms with van der Waals surface area (Å²) in [5, 5.41) is 0. The maximum atomic E-state index is 12.3. The summed E-state index contributed by atoms with van der Waals surface area (Å²) in [6.45, 7) is 7.75. The van der Waals surface area contributed by atoms with Crippen LogP contribution >= 0.6 is 0 Å². The maximum absolute atomic E-state index is 12.3. The number of hydrogen-bond donors (Lipinski definition) is 1. The summed E-state index contributed by atoms with van der Waals surface area (Å²) in [6.07, 6.45) is 1.68. The van der Waals surface area contributed by atoms with Crippen molar-refractivity contribution in [2.24, 2.45) is 0 Å². The van der Waals surface area contributed by atoms with E-state index in [2.05, 4.69) is 28.5 Å². The van der Waals surface area contributed by atoms with E-state index in [0.717, 1.165) is 24.3 Å². The molecule has 0 fully saturated rings. The molecule has 0 spiro atoms. The molecule has 0 bridgehead atoms. The molecule has 1 aromatic carbocycles. The number of nitrogens with one attached hydrogen (secondary N) is 1. The molecule has 0 aliphatic heterocycles. The zero-order valence-electron chi connectivity index (χ0n) is 13.1. The van der Waals surface area contributed by atoms with E-state index in [1.165, 1.54) is 0 Å². The van der Waals surface area contributed by atoms with Gasteiger partial charge in [0.05, 0.1) is 16.8 Å². The number of aromatic nitrogens is 1. The van der Waals surface area contributed by atoms with Gasteiger partial charge in [-0.1, -0.05) is 12.1 Å². The van der Waals surface area contributed by atoms with Gasteiger partial charge in [0.1, 0.15) is 5.82 Å². The van der Waals surface area contributed by atoms with Crippen LogP contribution in [0, 0.1) is 6.92 Å². The van der Waals surface area contributed by atoms with Gasteiger partial charge in [-0.3, -0.25) is 4.72 Å². The lowest BCUT2D eigenvalue weighted by Gasteiger charge is -2.20. The van der Waals surface area contributed by atoms with Gasteiger partial charge in [0.2, 0.25) is 0 Å². The number of pyridine rings is 1. The van der Waals surface area contributed by atoms with E-state index >= 15 is 0 Å². The second-order valence-corrected chi connectivity index (χ2v) is 6.68. The average Bonchev–Trinajstić information content (AvgIpc) is 2.50. The SMILES string of the molecule is CCN(CC)c1ccc(NS(=O)(=O)c2cccc(C)c2)nc1. The lowest BCUT2D eigenvalue weighted by molar-refractivity contribution is 0.601. The summed E-state index contributed by atoms with van der Waals surface area (Å²) in [6, 6.07) is 10.3. The Balaban J connectivity index is 2.20. The number of nitrogens with zero attached hydrogens (tertiary/aromatic N) is 2. The molecule has 2 aromatic rings. The number of sulfonamides is 1. The molecule has 6 heteroatoms. The molecule has 0 amide bonds. The fourth-order valence-corrected chi connectivity index (χ4v) is 3.31. The largest absolute Gasteiger partial charge is 0.371 e. The van der Waals surface area contributed by atoms with E-state index < -0.39 is 10.0 Å². The first-order valence-corrected chi connectivity index (χ1v) is 8.75. The number of aryl methyl sites for hydroxylation is 1. The van der Waals surface area contributed by atoms with E-state index in [1.807, 2.05) is 19.1 Å². The van der Waals surface area contributed by atoms with Crippen molar-refractivity contribution >= 4 is 21.5 Å². The summed E-state index contributed by atoms with van der Waals surface area (Å²) < 4.78 is 27.2. The molecule has 0 aliphatic rings. The predicted octanol–water partition coefficient (Wildman–Crippen LogP) is 3.04. The first kappa shape index (κ1) is 16.3. The highest BCUT2D eigenvalue weighted by molar-refractivity contribution is 7.92. The fraction of sp³-hybridized carbons (Fsp3) is 0.312. The van der Waals surface area contributed by atoms with E-state index in [-0.39, 0.29) is 4.90 Å². The summed E-state index contributed by atoms with van der Waals surface area (Å²) in [5.41, 5.74) is 1.87. The van der Waals surface area contributed by atoms with Crippen LogP contribution in [-0.2, 0) is 10.0 Å². The Bertz CT molecular complexity index is 723. The monoisotopic (exact) mass is 319 g/mol. The molecule has 1 heterocycles. The van der Waals surface area contributed by atoms with Gasteiger partial charge in [0.15, 0.2) is 0 Å². The Morgan fingerprint density at radius 1 is 1.14 bits per heavy atom. The van der Waals surface area contributed by atoms with Crippen LogP contribution in [0.15, 0.2) is 47.5 Å². The van der Waals surface area contributed by atoms with Gasteiger partial charge in [-0.25, -0.2) is 13.4 Å². The highest BCUT2D eigenvalue weighted by Gasteiger charge is 2.15. The average molecular weight is 319 g/mol. The van der Waals surface area contributed by atoms with Crippen LogP contribution in [0.4, 0.5) is 11.5 Å². The molecule has 1 N–H and O–H groups in total. The van der Waals surface area contributed by atoms with Gasteiger partial charge < -0.3 is 4.90 Å². The van der Waals surface area contributed by atoms with E-state index in [4.69, 9.17) is 0 Å². The Morgan fingerprint density at radius 3 is 2.41 bits per heavy atom. The minimum atomic E-state index is -3.61. The van der Waals surface area contributed by atoms with Crippen molar-refractivity contribution in [2.75, 3.05) is 22.7 Å².